The van der Waals surface area contributed by atoms with Crippen molar-refractivity contribution in [1.29, 1.82) is 0 Å². The molecular formula is C23H31N5O. The molecule has 1 atom stereocenters. The zero-order chi connectivity index (χ0) is 19.9. The van der Waals surface area contributed by atoms with E-state index >= 15 is 0 Å². The summed E-state index contributed by atoms with van der Waals surface area (Å²) in [6.45, 7) is 9.19. The molecule has 3 aromatic heterocycles. The lowest BCUT2D eigenvalue weighted by Crippen LogP contribution is -2.42. The third-order valence-corrected chi connectivity index (χ3v) is 5.27. The molecular weight excluding hydrogens is 362 g/mol. The summed E-state index contributed by atoms with van der Waals surface area (Å²) in [5.74, 6) is 0.858. The lowest BCUT2D eigenvalue weighted by molar-refractivity contribution is 0.158. The summed E-state index contributed by atoms with van der Waals surface area (Å²) in [7, 11) is 0. The molecule has 0 aliphatic heterocycles. The van der Waals surface area contributed by atoms with Crippen molar-refractivity contribution in [1.82, 2.24) is 25.3 Å². The molecule has 4 rings (SSSR count). The smallest absolute Gasteiger partial charge is 0.178 e. The predicted molar refractivity (Wildman–Crippen MR) is 120 cm³/mol. The summed E-state index contributed by atoms with van der Waals surface area (Å²) in [5.41, 5.74) is 6.08. The predicted octanol–water partition coefficient (Wildman–Crippen LogP) is 4.55. The van der Waals surface area contributed by atoms with E-state index in [2.05, 4.69) is 70.3 Å². The molecule has 1 aromatic carbocycles. The van der Waals surface area contributed by atoms with Gasteiger partial charge in [0.1, 0.15) is 5.82 Å². The number of aliphatic hydroxyl groups excluding tert-OH is 1. The third-order valence-electron chi connectivity index (χ3n) is 5.27. The van der Waals surface area contributed by atoms with Gasteiger partial charge in [-0.25, -0.2) is 9.97 Å². The van der Waals surface area contributed by atoms with Crippen molar-refractivity contribution < 1.29 is 5.11 Å². The molecule has 4 aromatic rings. The Morgan fingerprint density at radius 1 is 1.14 bits per heavy atom. The first-order chi connectivity index (χ1) is 13.3. The number of H-pyrrole nitrogens is 2. The first-order valence-electron chi connectivity index (χ1n) is 9.63. The van der Waals surface area contributed by atoms with E-state index in [-0.39, 0.29) is 25.5 Å². The lowest BCUT2D eigenvalue weighted by atomic mass is 9.87. The maximum absolute atomic E-state index is 9.65. The van der Waals surface area contributed by atoms with E-state index in [0.717, 1.165) is 45.7 Å². The number of benzene rings is 1. The van der Waals surface area contributed by atoms with Crippen molar-refractivity contribution >= 4 is 22.1 Å². The van der Waals surface area contributed by atoms with E-state index in [1.54, 1.807) is 6.20 Å². The van der Waals surface area contributed by atoms with Crippen LogP contribution in [0.4, 0.5) is 0 Å². The molecule has 0 fully saturated rings. The van der Waals surface area contributed by atoms with Gasteiger partial charge in [-0.05, 0) is 42.2 Å². The molecule has 29 heavy (non-hydrogen) atoms. The molecule has 6 heteroatoms. The van der Waals surface area contributed by atoms with Crippen LogP contribution in [0.15, 0.2) is 36.5 Å². The van der Waals surface area contributed by atoms with Crippen LogP contribution in [0.3, 0.4) is 0 Å². The summed E-state index contributed by atoms with van der Waals surface area (Å²) in [5, 5.41) is 14.3. The molecule has 0 spiro atoms. The number of aromatic amines is 2. The Morgan fingerprint density at radius 3 is 2.66 bits per heavy atom. The fourth-order valence-electron chi connectivity index (χ4n) is 3.57. The molecule has 3 heterocycles. The van der Waals surface area contributed by atoms with Gasteiger partial charge in [-0.15, -0.1) is 0 Å². The lowest BCUT2D eigenvalue weighted by Gasteiger charge is -2.30. The average molecular weight is 394 g/mol. The molecule has 0 aliphatic rings. The topological polar surface area (TPSA) is 89.6 Å². The highest BCUT2D eigenvalue weighted by Gasteiger charge is 2.23. The van der Waals surface area contributed by atoms with E-state index in [0.29, 0.717) is 0 Å². The Balaban J connectivity index is 0.00000240. The fraction of sp³-hybridized carbons (Fsp3) is 0.391. The van der Waals surface area contributed by atoms with Crippen LogP contribution in [0.1, 0.15) is 39.6 Å². The van der Waals surface area contributed by atoms with Gasteiger partial charge in [-0.1, -0.05) is 34.3 Å². The van der Waals surface area contributed by atoms with Gasteiger partial charge in [0.15, 0.2) is 5.65 Å². The number of aliphatic hydroxyl groups is 1. The van der Waals surface area contributed by atoms with E-state index < -0.39 is 0 Å². The first-order valence-corrected chi connectivity index (χ1v) is 9.63. The number of hydrogen-bond acceptors (Lipinski definition) is 4. The van der Waals surface area contributed by atoms with Crippen LogP contribution in [0.2, 0.25) is 0 Å². The van der Waals surface area contributed by atoms with Crippen LogP contribution in [-0.2, 0) is 6.54 Å². The van der Waals surface area contributed by atoms with Crippen molar-refractivity contribution in [2.75, 3.05) is 6.61 Å². The van der Waals surface area contributed by atoms with Crippen LogP contribution in [0.25, 0.3) is 33.3 Å². The van der Waals surface area contributed by atoms with Gasteiger partial charge in [0.2, 0.25) is 0 Å². The normalized spacial score (nSPS) is 13.0. The van der Waals surface area contributed by atoms with Gasteiger partial charge in [0.25, 0.3) is 0 Å². The Morgan fingerprint density at radius 2 is 1.93 bits per heavy atom. The molecule has 0 amide bonds. The maximum Gasteiger partial charge on any atom is 0.178 e. The highest BCUT2D eigenvalue weighted by molar-refractivity contribution is 5.94. The number of aromatic nitrogens is 4. The number of imidazole rings is 1. The number of nitrogens with zero attached hydrogens (tertiary/aromatic N) is 2. The second-order valence-electron chi connectivity index (χ2n) is 8.47. The summed E-state index contributed by atoms with van der Waals surface area (Å²) < 4.78 is 0. The molecule has 6 nitrogen and oxygen atoms in total. The second kappa shape index (κ2) is 7.97. The van der Waals surface area contributed by atoms with Gasteiger partial charge >= 0.3 is 0 Å². The average Bonchev–Trinajstić information content (AvgIpc) is 3.22. The summed E-state index contributed by atoms with van der Waals surface area (Å²) in [6, 6.07) is 10.6. The van der Waals surface area contributed by atoms with Crippen molar-refractivity contribution in [2.24, 2.45) is 5.41 Å². The fourth-order valence-corrected chi connectivity index (χ4v) is 3.57. The van der Waals surface area contributed by atoms with E-state index in [1.165, 1.54) is 5.56 Å². The van der Waals surface area contributed by atoms with E-state index in [1.807, 2.05) is 13.0 Å². The molecule has 0 radical (unpaired) electrons. The Kier molecular flexibility index (Phi) is 5.78. The number of aryl methyl sites for hydroxylation is 1. The van der Waals surface area contributed by atoms with Crippen LogP contribution >= 0.6 is 0 Å². The van der Waals surface area contributed by atoms with Crippen molar-refractivity contribution in [3.63, 3.8) is 0 Å². The molecule has 4 N–H and O–H groups in total. The SMILES string of the molecule is C.Cc1nc2nccc(-c3cc4cc(CN[C@H](CO)C(C)(C)C)ccc4[nH]3)c2[nH]1. The molecule has 0 unspecified atom stereocenters. The second-order valence-corrected chi connectivity index (χ2v) is 8.47. The first kappa shape index (κ1) is 21.0. The quantitative estimate of drug-likeness (QED) is 0.400. The standard InChI is InChI=1S/C22H27N5O.CH4/c1-13-25-20-16(7-8-23-21(20)26-13)18-10-15-9-14(5-6-17(15)27-18)11-24-19(12-28)22(2,3)4;/h5-10,19,24,27-28H,11-12H2,1-4H3,(H,23,25,26);1H4/t19-;/m1./s1. The summed E-state index contributed by atoms with van der Waals surface area (Å²) in [6.07, 6.45) is 1.79. The minimum atomic E-state index is 0. The van der Waals surface area contributed by atoms with Gasteiger partial charge < -0.3 is 20.4 Å². The number of fused-ring (bicyclic) bond motifs is 2. The highest BCUT2D eigenvalue weighted by Crippen LogP contribution is 2.29. The maximum atomic E-state index is 9.65. The van der Waals surface area contributed by atoms with E-state index in [4.69, 9.17) is 0 Å². The Bertz CT molecular complexity index is 1120. The molecule has 0 bridgehead atoms. The molecule has 0 aliphatic carbocycles. The van der Waals surface area contributed by atoms with Gasteiger partial charge in [0, 0.05) is 40.9 Å². The van der Waals surface area contributed by atoms with Crippen molar-refractivity contribution in [2.45, 2.75) is 47.7 Å². The van der Waals surface area contributed by atoms with Crippen LogP contribution in [0, 0.1) is 12.3 Å². The summed E-state index contributed by atoms with van der Waals surface area (Å²) in [4.78, 5) is 15.6. The highest BCUT2D eigenvalue weighted by atomic mass is 16.3. The minimum absolute atomic E-state index is 0. The zero-order valence-electron chi connectivity index (χ0n) is 16.8. The van der Waals surface area contributed by atoms with Gasteiger partial charge in [-0.3, -0.25) is 0 Å². The molecule has 154 valence electrons. The van der Waals surface area contributed by atoms with Crippen LogP contribution in [0.5, 0.6) is 0 Å². The number of nitrogens with one attached hydrogen (secondary N) is 3. The Labute approximate surface area is 171 Å². The third kappa shape index (κ3) is 4.18. The van der Waals surface area contributed by atoms with Gasteiger partial charge in [-0.2, -0.15) is 0 Å². The van der Waals surface area contributed by atoms with E-state index in [9.17, 15) is 5.11 Å². The zero-order valence-corrected chi connectivity index (χ0v) is 16.8. The number of pyridine rings is 1. The molecule has 0 saturated heterocycles. The summed E-state index contributed by atoms with van der Waals surface area (Å²) >= 11 is 0. The van der Waals surface area contributed by atoms with Crippen molar-refractivity contribution in [3.8, 4) is 11.3 Å². The van der Waals surface area contributed by atoms with Crippen LogP contribution < -0.4 is 5.32 Å². The van der Waals surface area contributed by atoms with Crippen molar-refractivity contribution in [3.05, 3.63) is 47.9 Å². The molecule has 0 saturated carbocycles. The minimum Gasteiger partial charge on any atom is -0.395 e. The number of rotatable bonds is 5. The largest absolute Gasteiger partial charge is 0.395 e. The monoisotopic (exact) mass is 393 g/mol. The number of hydrogen-bond donors (Lipinski definition) is 4. The van der Waals surface area contributed by atoms with Crippen LogP contribution in [-0.4, -0.2) is 37.7 Å². The van der Waals surface area contributed by atoms with Gasteiger partial charge in [0.05, 0.1) is 12.1 Å². The Hall–Kier alpha value is -2.70.